The van der Waals surface area contributed by atoms with Crippen molar-refractivity contribution in [3.8, 4) is 0 Å². The summed E-state index contributed by atoms with van der Waals surface area (Å²) in [7, 11) is 0. The SMILES string of the molecule is CC(C)C(=O)N(Cc1ccccc1F)C[C@H]1CC(c2ccc(Cl)o2)=NO1. The second-order valence-electron chi connectivity index (χ2n) is 6.54. The highest BCUT2D eigenvalue weighted by molar-refractivity contribution is 6.29. The highest BCUT2D eigenvalue weighted by Gasteiger charge is 2.29. The standard InChI is InChI=1S/C19H20ClFN2O3/c1-12(2)19(24)23(10-13-5-3-4-6-15(13)21)11-14-9-16(22-26-14)17-7-8-18(20)25-17/h3-8,12,14H,9-11H2,1-2H3/t14-/m1/s1. The van der Waals surface area contributed by atoms with E-state index in [0.717, 1.165) is 0 Å². The Bertz CT molecular complexity index is 819. The monoisotopic (exact) mass is 378 g/mol. The first-order valence-corrected chi connectivity index (χ1v) is 8.82. The van der Waals surface area contributed by atoms with Crippen molar-refractivity contribution >= 4 is 23.2 Å². The molecule has 0 spiro atoms. The van der Waals surface area contributed by atoms with Crippen molar-refractivity contribution in [3.05, 3.63) is 58.8 Å². The summed E-state index contributed by atoms with van der Waals surface area (Å²) in [6.07, 6.45) is 0.173. The van der Waals surface area contributed by atoms with E-state index in [4.69, 9.17) is 20.9 Å². The molecule has 0 saturated heterocycles. The topological polar surface area (TPSA) is 55.0 Å². The number of carbonyl (C=O) groups excluding carboxylic acids is 1. The zero-order valence-corrected chi connectivity index (χ0v) is 15.4. The molecule has 3 rings (SSSR count). The van der Waals surface area contributed by atoms with Gasteiger partial charge in [-0.25, -0.2) is 4.39 Å². The average molecular weight is 379 g/mol. The number of benzene rings is 1. The van der Waals surface area contributed by atoms with E-state index in [1.54, 1.807) is 35.2 Å². The van der Waals surface area contributed by atoms with Gasteiger partial charge in [0.05, 0.1) is 6.54 Å². The summed E-state index contributed by atoms with van der Waals surface area (Å²) >= 11 is 5.79. The maximum atomic E-state index is 14.0. The Balaban J connectivity index is 1.69. The minimum atomic E-state index is -0.330. The molecule has 2 heterocycles. The van der Waals surface area contributed by atoms with Gasteiger partial charge in [-0.1, -0.05) is 37.2 Å². The molecule has 0 N–H and O–H groups in total. The Kier molecular flexibility index (Phi) is 5.61. The van der Waals surface area contributed by atoms with Gasteiger partial charge >= 0.3 is 0 Å². The molecule has 1 aromatic carbocycles. The second-order valence-corrected chi connectivity index (χ2v) is 6.91. The van der Waals surface area contributed by atoms with Crippen LogP contribution in [0.15, 0.2) is 46.0 Å². The van der Waals surface area contributed by atoms with Gasteiger partial charge < -0.3 is 14.2 Å². The number of furan rings is 1. The summed E-state index contributed by atoms with van der Waals surface area (Å²) in [4.78, 5) is 19.6. The number of oxime groups is 1. The third-order valence-corrected chi connectivity index (χ3v) is 4.34. The van der Waals surface area contributed by atoms with Crippen molar-refractivity contribution in [2.75, 3.05) is 6.54 Å². The average Bonchev–Trinajstić information content (AvgIpc) is 3.24. The molecule has 0 aliphatic carbocycles. The molecule has 7 heteroatoms. The Morgan fingerprint density at radius 2 is 2.12 bits per heavy atom. The zero-order valence-electron chi connectivity index (χ0n) is 14.6. The van der Waals surface area contributed by atoms with Gasteiger partial charge in [-0.3, -0.25) is 4.79 Å². The lowest BCUT2D eigenvalue weighted by Gasteiger charge is -2.26. The first kappa shape index (κ1) is 18.5. The molecule has 0 unspecified atom stereocenters. The normalized spacial score (nSPS) is 16.5. The van der Waals surface area contributed by atoms with Crippen LogP contribution in [0.5, 0.6) is 0 Å². The van der Waals surface area contributed by atoms with Gasteiger partial charge in [0.1, 0.15) is 11.5 Å². The Hall–Kier alpha value is -2.34. The van der Waals surface area contributed by atoms with Crippen molar-refractivity contribution in [3.63, 3.8) is 0 Å². The summed E-state index contributed by atoms with van der Waals surface area (Å²) in [5.74, 6) is -0.0457. The van der Waals surface area contributed by atoms with Crippen LogP contribution < -0.4 is 0 Å². The summed E-state index contributed by atoms with van der Waals surface area (Å²) in [6, 6.07) is 9.81. The summed E-state index contributed by atoms with van der Waals surface area (Å²) in [6.45, 7) is 4.14. The Morgan fingerprint density at radius 1 is 1.35 bits per heavy atom. The number of nitrogens with zero attached hydrogens (tertiary/aromatic N) is 2. The van der Waals surface area contributed by atoms with Crippen LogP contribution >= 0.6 is 11.6 Å². The lowest BCUT2D eigenvalue weighted by Crippen LogP contribution is -2.39. The fourth-order valence-corrected chi connectivity index (χ4v) is 2.96. The molecule has 1 aromatic heterocycles. The summed E-state index contributed by atoms with van der Waals surface area (Å²) < 4.78 is 19.3. The van der Waals surface area contributed by atoms with Crippen LogP contribution in [-0.4, -0.2) is 29.2 Å². The smallest absolute Gasteiger partial charge is 0.225 e. The minimum absolute atomic E-state index is 0.0636. The van der Waals surface area contributed by atoms with Crippen molar-refractivity contribution in [2.24, 2.45) is 11.1 Å². The molecule has 0 fully saturated rings. The quantitative estimate of drug-likeness (QED) is 0.755. The number of halogens is 2. The van der Waals surface area contributed by atoms with E-state index in [-0.39, 0.29) is 35.5 Å². The maximum Gasteiger partial charge on any atom is 0.225 e. The molecular weight excluding hydrogens is 359 g/mol. The molecule has 0 bridgehead atoms. The van der Waals surface area contributed by atoms with Crippen molar-refractivity contribution < 1.29 is 18.4 Å². The number of amides is 1. The van der Waals surface area contributed by atoms with Crippen molar-refractivity contribution in [1.82, 2.24) is 4.90 Å². The van der Waals surface area contributed by atoms with E-state index in [2.05, 4.69) is 5.16 Å². The number of hydrogen-bond donors (Lipinski definition) is 0. The second kappa shape index (κ2) is 7.91. The van der Waals surface area contributed by atoms with Gasteiger partial charge in [0.2, 0.25) is 5.91 Å². The van der Waals surface area contributed by atoms with Gasteiger partial charge in [-0.05, 0) is 29.8 Å². The lowest BCUT2D eigenvalue weighted by molar-refractivity contribution is -0.137. The van der Waals surface area contributed by atoms with E-state index in [1.807, 2.05) is 13.8 Å². The minimum Gasteiger partial charge on any atom is -0.443 e. The molecule has 1 aliphatic rings. The largest absolute Gasteiger partial charge is 0.443 e. The van der Waals surface area contributed by atoms with Crippen LogP contribution in [-0.2, 0) is 16.2 Å². The first-order chi connectivity index (χ1) is 12.4. The van der Waals surface area contributed by atoms with Gasteiger partial charge in [0.15, 0.2) is 17.1 Å². The van der Waals surface area contributed by atoms with Gasteiger partial charge in [0.25, 0.3) is 0 Å². The molecule has 138 valence electrons. The van der Waals surface area contributed by atoms with Gasteiger partial charge in [-0.2, -0.15) is 0 Å². The van der Waals surface area contributed by atoms with Crippen LogP contribution in [0.3, 0.4) is 0 Å². The molecule has 0 radical (unpaired) electrons. The molecule has 1 aliphatic heterocycles. The first-order valence-electron chi connectivity index (χ1n) is 8.44. The van der Waals surface area contributed by atoms with Crippen LogP contribution in [0.4, 0.5) is 4.39 Å². The molecule has 26 heavy (non-hydrogen) atoms. The molecule has 0 saturated carbocycles. The molecule has 5 nitrogen and oxygen atoms in total. The maximum absolute atomic E-state index is 14.0. The van der Waals surface area contributed by atoms with E-state index < -0.39 is 0 Å². The van der Waals surface area contributed by atoms with E-state index in [0.29, 0.717) is 30.0 Å². The summed E-state index contributed by atoms with van der Waals surface area (Å²) in [5.41, 5.74) is 1.11. The van der Waals surface area contributed by atoms with Crippen LogP contribution in [0, 0.1) is 11.7 Å². The zero-order chi connectivity index (χ0) is 18.7. The van der Waals surface area contributed by atoms with E-state index >= 15 is 0 Å². The molecular formula is C19H20ClFN2O3. The lowest BCUT2D eigenvalue weighted by atomic mass is 10.1. The van der Waals surface area contributed by atoms with Crippen molar-refractivity contribution in [2.45, 2.75) is 32.9 Å². The third kappa shape index (κ3) is 4.25. The number of hydrogen-bond acceptors (Lipinski definition) is 4. The van der Waals surface area contributed by atoms with E-state index in [9.17, 15) is 9.18 Å². The Morgan fingerprint density at radius 3 is 2.77 bits per heavy atom. The number of carbonyl (C=O) groups is 1. The fraction of sp³-hybridized carbons (Fsp3) is 0.368. The van der Waals surface area contributed by atoms with Crippen molar-refractivity contribution in [1.29, 1.82) is 0 Å². The highest BCUT2D eigenvalue weighted by Crippen LogP contribution is 2.22. The van der Waals surface area contributed by atoms with E-state index in [1.165, 1.54) is 6.07 Å². The molecule has 2 aromatic rings. The third-order valence-electron chi connectivity index (χ3n) is 4.14. The summed E-state index contributed by atoms with van der Waals surface area (Å²) in [5, 5.41) is 4.31. The predicted octanol–water partition coefficient (Wildman–Crippen LogP) is 4.25. The van der Waals surface area contributed by atoms with Gasteiger partial charge in [0, 0.05) is 24.4 Å². The molecule has 1 atom stereocenters. The predicted molar refractivity (Wildman–Crippen MR) is 96.4 cm³/mol. The molecule has 1 amide bonds. The van der Waals surface area contributed by atoms with Crippen LogP contribution in [0.1, 0.15) is 31.6 Å². The van der Waals surface area contributed by atoms with Crippen LogP contribution in [0.25, 0.3) is 0 Å². The fourth-order valence-electron chi connectivity index (χ4n) is 2.82. The van der Waals surface area contributed by atoms with Crippen LogP contribution in [0.2, 0.25) is 5.22 Å². The highest BCUT2D eigenvalue weighted by atomic mass is 35.5. The number of rotatable bonds is 6. The Labute approximate surface area is 156 Å². The van der Waals surface area contributed by atoms with Gasteiger partial charge in [-0.15, -0.1) is 0 Å².